The standard InChI is InChI=1S/C26H18F2N4/c27-22-8-4-7-21(25(22)28)26-30-23-15-29-32(17-24(23)31-26)16-20-13-11-19(12-14-20)10-9-18-5-2-1-3-6-18/h1-15,17H,16H2. The Labute approximate surface area is 183 Å². The molecule has 0 saturated carbocycles. The molecule has 0 aliphatic carbocycles. The van der Waals surface area contributed by atoms with E-state index in [9.17, 15) is 8.78 Å². The highest BCUT2D eigenvalue weighted by Crippen LogP contribution is 2.27. The molecule has 4 nitrogen and oxygen atoms in total. The molecule has 0 spiro atoms. The number of nitrogens with zero attached hydrogens (tertiary/aromatic N) is 4. The number of imidazole rings is 1. The minimum atomic E-state index is -0.954. The zero-order valence-corrected chi connectivity index (χ0v) is 17.0. The third kappa shape index (κ3) is 4.16. The number of halogens is 2. The largest absolute Gasteiger partial charge is 0.266 e. The summed E-state index contributed by atoms with van der Waals surface area (Å²) in [5, 5.41) is 4.38. The van der Waals surface area contributed by atoms with Crippen molar-refractivity contribution in [3.8, 4) is 22.8 Å². The van der Waals surface area contributed by atoms with Crippen LogP contribution in [0, 0.1) is 11.6 Å². The van der Waals surface area contributed by atoms with Crippen molar-refractivity contribution in [3.63, 3.8) is 0 Å². The topological polar surface area (TPSA) is 43.6 Å². The lowest BCUT2D eigenvalue weighted by Gasteiger charge is -2.07. The predicted octanol–water partition coefficient (Wildman–Crippen LogP) is 5.94. The van der Waals surface area contributed by atoms with Crippen LogP contribution in [-0.2, 0) is 6.54 Å². The molecule has 0 bridgehead atoms. The first kappa shape index (κ1) is 19.8. The summed E-state index contributed by atoms with van der Waals surface area (Å²) in [5.41, 5.74) is 4.47. The van der Waals surface area contributed by atoms with Crippen LogP contribution >= 0.6 is 0 Å². The maximum Gasteiger partial charge on any atom is 0.169 e. The van der Waals surface area contributed by atoms with Crippen LogP contribution in [0.25, 0.3) is 34.9 Å². The molecule has 2 aliphatic rings. The molecular weight excluding hydrogens is 406 g/mol. The Kier molecular flexibility index (Phi) is 5.25. The minimum Gasteiger partial charge on any atom is -0.266 e. The molecule has 6 heteroatoms. The van der Waals surface area contributed by atoms with Crippen LogP contribution in [0.3, 0.4) is 0 Å². The predicted molar refractivity (Wildman–Crippen MR) is 121 cm³/mol. The highest BCUT2D eigenvalue weighted by Gasteiger charge is 2.18. The second kappa shape index (κ2) is 8.51. The van der Waals surface area contributed by atoms with Crippen LogP contribution in [0.5, 0.6) is 0 Å². The fourth-order valence-electron chi connectivity index (χ4n) is 3.42. The van der Waals surface area contributed by atoms with Crippen LogP contribution in [0.4, 0.5) is 8.78 Å². The zero-order chi connectivity index (χ0) is 21.9. The molecule has 3 aromatic carbocycles. The van der Waals surface area contributed by atoms with Gasteiger partial charge in [0.15, 0.2) is 17.5 Å². The van der Waals surface area contributed by atoms with E-state index >= 15 is 0 Å². The summed E-state index contributed by atoms with van der Waals surface area (Å²) in [5.74, 6) is -1.73. The lowest BCUT2D eigenvalue weighted by Crippen LogP contribution is -2.05. The molecule has 3 aromatic rings. The van der Waals surface area contributed by atoms with Gasteiger partial charge in [-0.25, -0.2) is 18.7 Å². The monoisotopic (exact) mass is 424 g/mol. The van der Waals surface area contributed by atoms with Gasteiger partial charge in [0.1, 0.15) is 11.4 Å². The Balaban J connectivity index is 1.34. The SMILES string of the molecule is Fc1cccc(-c2nc3cnn(Cc4ccc(C=Cc5ccccc5)cc4)cc-3n2)c1F. The average Bonchev–Trinajstić information content (AvgIpc) is 3.24. The normalized spacial score (nSPS) is 11.4. The Morgan fingerprint density at radius 1 is 0.750 bits per heavy atom. The van der Waals surface area contributed by atoms with Gasteiger partial charge in [-0.3, -0.25) is 4.68 Å². The fourth-order valence-corrected chi connectivity index (χ4v) is 3.42. The Bertz CT molecular complexity index is 1360. The molecule has 0 radical (unpaired) electrons. The summed E-state index contributed by atoms with van der Waals surface area (Å²) in [6, 6.07) is 22.3. The third-order valence-corrected chi connectivity index (χ3v) is 5.10. The average molecular weight is 424 g/mol. The van der Waals surface area contributed by atoms with Crippen molar-refractivity contribution in [1.29, 1.82) is 0 Å². The number of benzene rings is 3. The van der Waals surface area contributed by atoms with Crippen molar-refractivity contribution in [2.24, 2.45) is 0 Å². The maximum absolute atomic E-state index is 14.1. The second-order valence-electron chi connectivity index (χ2n) is 7.38. The molecule has 0 fully saturated rings. The van der Waals surface area contributed by atoms with E-state index in [1.54, 1.807) is 17.1 Å². The summed E-state index contributed by atoms with van der Waals surface area (Å²) >= 11 is 0. The molecule has 32 heavy (non-hydrogen) atoms. The molecule has 0 amide bonds. The van der Waals surface area contributed by atoms with E-state index in [0.29, 0.717) is 17.9 Å². The van der Waals surface area contributed by atoms with Gasteiger partial charge in [-0.05, 0) is 28.8 Å². The number of hydrogen-bond donors (Lipinski definition) is 0. The van der Waals surface area contributed by atoms with Gasteiger partial charge in [-0.2, -0.15) is 5.10 Å². The first-order chi connectivity index (χ1) is 15.7. The van der Waals surface area contributed by atoms with Gasteiger partial charge in [-0.1, -0.05) is 72.8 Å². The number of hydrogen-bond acceptors (Lipinski definition) is 3. The van der Waals surface area contributed by atoms with Crippen LogP contribution in [-0.4, -0.2) is 19.7 Å². The quantitative estimate of drug-likeness (QED) is 0.328. The van der Waals surface area contributed by atoms with Gasteiger partial charge >= 0.3 is 0 Å². The van der Waals surface area contributed by atoms with Crippen LogP contribution in [0.15, 0.2) is 85.2 Å². The second-order valence-corrected chi connectivity index (χ2v) is 7.38. The van der Waals surface area contributed by atoms with E-state index in [2.05, 4.69) is 51.5 Å². The summed E-state index contributed by atoms with van der Waals surface area (Å²) in [6.07, 6.45) is 7.49. The van der Waals surface area contributed by atoms with E-state index in [1.807, 2.05) is 30.3 Å². The number of aromatic nitrogens is 4. The van der Waals surface area contributed by atoms with E-state index in [-0.39, 0.29) is 11.4 Å². The molecule has 0 unspecified atom stereocenters. The van der Waals surface area contributed by atoms with Gasteiger partial charge < -0.3 is 0 Å². The molecule has 0 aromatic heterocycles. The van der Waals surface area contributed by atoms with Crippen molar-refractivity contribution in [2.45, 2.75) is 6.54 Å². The molecule has 2 aliphatic heterocycles. The van der Waals surface area contributed by atoms with Crippen LogP contribution < -0.4 is 0 Å². The third-order valence-electron chi connectivity index (χ3n) is 5.10. The van der Waals surface area contributed by atoms with E-state index in [1.165, 1.54) is 12.1 Å². The van der Waals surface area contributed by atoms with Crippen LogP contribution in [0.2, 0.25) is 0 Å². The molecule has 0 N–H and O–H groups in total. The molecule has 0 saturated heterocycles. The number of rotatable bonds is 5. The number of fused-ring (bicyclic) bond motifs is 1. The van der Waals surface area contributed by atoms with Crippen molar-refractivity contribution >= 4 is 12.2 Å². The van der Waals surface area contributed by atoms with Crippen LogP contribution in [0.1, 0.15) is 16.7 Å². The van der Waals surface area contributed by atoms with E-state index in [0.717, 1.165) is 22.8 Å². The summed E-state index contributed by atoms with van der Waals surface area (Å²) in [6.45, 7) is 0.551. The highest BCUT2D eigenvalue weighted by atomic mass is 19.2. The highest BCUT2D eigenvalue weighted by molar-refractivity contribution is 5.69. The Morgan fingerprint density at radius 3 is 2.25 bits per heavy atom. The first-order valence-corrected chi connectivity index (χ1v) is 10.1. The Hall–Kier alpha value is -4.19. The minimum absolute atomic E-state index is 0.0342. The van der Waals surface area contributed by atoms with Gasteiger partial charge in [0, 0.05) is 0 Å². The maximum atomic E-state index is 14.1. The molecule has 156 valence electrons. The first-order valence-electron chi connectivity index (χ1n) is 10.1. The lowest BCUT2D eigenvalue weighted by atomic mass is 10.1. The lowest BCUT2D eigenvalue weighted by molar-refractivity contribution is 0.510. The molecule has 5 rings (SSSR count). The molecular formula is C26H18F2N4. The zero-order valence-electron chi connectivity index (χ0n) is 17.0. The van der Waals surface area contributed by atoms with Gasteiger partial charge in [0.25, 0.3) is 0 Å². The smallest absolute Gasteiger partial charge is 0.169 e. The van der Waals surface area contributed by atoms with Crippen molar-refractivity contribution in [3.05, 3.63) is 114 Å². The van der Waals surface area contributed by atoms with Gasteiger partial charge in [-0.15, -0.1) is 0 Å². The summed E-state index contributed by atoms with van der Waals surface area (Å²) in [4.78, 5) is 8.66. The summed E-state index contributed by atoms with van der Waals surface area (Å²) < 4.78 is 29.4. The van der Waals surface area contributed by atoms with Crippen molar-refractivity contribution in [1.82, 2.24) is 19.7 Å². The molecule has 0 atom stereocenters. The summed E-state index contributed by atoms with van der Waals surface area (Å²) in [7, 11) is 0. The fraction of sp³-hybridized carbons (Fsp3) is 0.0385. The van der Waals surface area contributed by atoms with E-state index < -0.39 is 11.6 Å². The van der Waals surface area contributed by atoms with Gasteiger partial charge in [0.2, 0.25) is 0 Å². The van der Waals surface area contributed by atoms with Crippen molar-refractivity contribution < 1.29 is 8.78 Å². The van der Waals surface area contributed by atoms with Crippen molar-refractivity contribution in [2.75, 3.05) is 0 Å². The molecule has 2 heterocycles. The Morgan fingerprint density at radius 2 is 1.47 bits per heavy atom. The van der Waals surface area contributed by atoms with Gasteiger partial charge in [0.05, 0.1) is 24.5 Å². The van der Waals surface area contributed by atoms with E-state index in [4.69, 9.17) is 0 Å².